The summed E-state index contributed by atoms with van der Waals surface area (Å²) in [5.74, 6) is 1.16. The largest absolute Gasteiger partial charge is 0.342 e. The Morgan fingerprint density at radius 1 is 1.29 bits per heavy atom. The maximum Gasteiger partial charge on any atom is 0.236 e. The van der Waals surface area contributed by atoms with E-state index in [9.17, 15) is 9.59 Å². The number of carbonyl (C=O) groups is 2. The highest BCUT2D eigenvalue weighted by molar-refractivity contribution is 5.91. The van der Waals surface area contributed by atoms with E-state index in [1.165, 1.54) is 6.42 Å². The maximum atomic E-state index is 12.2. The van der Waals surface area contributed by atoms with Gasteiger partial charge in [-0.3, -0.25) is 14.5 Å². The number of nitrogens with zero attached hydrogens (tertiary/aromatic N) is 2. The quantitative estimate of drug-likeness (QED) is 0.677. The van der Waals surface area contributed by atoms with Gasteiger partial charge in [-0.25, -0.2) is 0 Å². The molecule has 0 aromatic rings. The van der Waals surface area contributed by atoms with Crippen molar-refractivity contribution < 1.29 is 9.59 Å². The number of amides is 1. The lowest BCUT2D eigenvalue weighted by molar-refractivity contribution is -0.133. The first-order chi connectivity index (χ1) is 9.93. The van der Waals surface area contributed by atoms with Crippen LogP contribution in [0.3, 0.4) is 0 Å². The highest BCUT2D eigenvalue weighted by atomic mass is 16.2. The van der Waals surface area contributed by atoms with Crippen LogP contribution in [0.1, 0.15) is 40.0 Å². The van der Waals surface area contributed by atoms with Crippen molar-refractivity contribution in [1.82, 2.24) is 9.80 Å². The number of likely N-dealkylation sites (tertiary alicyclic amines) is 1. The molecule has 0 bridgehead atoms. The maximum absolute atomic E-state index is 12.2. The fraction of sp³-hybridized carbons (Fsp3) is 0.765. The van der Waals surface area contributed by atoms with Gasteiger partial charge in [-0.05, 0) is 31.9 Å². The highest BCUT2D eigenvalue weighted by Crippen LogP contribution is 2.19. The first-order valence-corrected chi connectivity index (χ1v) is 8.10. The standard InChI is InChI=1S/C17H30N2O2/c1-5-15-8-11-19(12-9-15)17(21)13-18(4)10-6-7-16(20)14(2)3/h6-7,14-15H,5,8-13H2,1-4H3/b7-6+. The topological polar surface area (TPSA) is 40.6 Å². The molecule has 0 aromatic heterocycles. The summed E-state index contributed by atoms with van der Waals surface area (Å²) in [5, 5.41) is 0. The lowest BCUT2D eigenvalue weighted by Crippen LogP contribution is -2.43. The van der Waals surface area contributed by atoms with E-state index in [0.29, 0.717) is 13.1 Å². The SMILES string of the molecule is CCC1CCN(C(=O)CN(C)C/C=C/C(=O)C(C)C)CC1. The molecule has 1 aliphatic rings. The molecule has 1 saturated heterocycles. The van der Waals surface area contributed by atoms with Gasteiger partial charge in [-0.15, -0.1) is 0 Å². The van der Waals surface area contributed by atoms with Gasteiger partial charge in [-0.2, -0.15) is 0 Å². The Balaban J connectivity index is 2.29. The zero-order chi connectivity index (χ0) is 15.8. The van der Waals surface area contributed by atoms with Crippen molar-refractivity contribution in [3.8, 4) is 0 Å². The van der Waals surface area contributed by atoms with Gasteiger partial charge in [0, 0.05) is 25.6 Å². The molecule has 0 spiro atoms. The lowest BCUT2D eigenvalue weighted by atomic mass is 9.94. The molecule has 120 valence electrons. The molecule has 0 aliphatic carbocycles. The molecule has 0 saturated carbocycles. The first-order valence-electron chi connectivity index (χ1n) is 8.10. The van der Waals surface area contributed by atoms with E-state index in [2.05, 4.69) is 6.92 Å². The number of likely N-dealkylation sites (N-methyl/N-ethyl adjacent to an activating group) is 1. The molecule has 21 heavy (non-hydrogen) atoms. The molecule has 0 aromatic carbocycles. The van der Waals surface area contributed by atoms with Crippen LogP contribution in [0.25, 0.3) is 0 Å². The fourth-order valence-electron chi connectivity index (χ4n) is 2.53. The van der Waals surface area contributed by atoms with E-state index in [1.54, 1.807) is 6.08 Å². The number of piperidine rings is 1. The third kappa shape index (κ3) is 6.42. The number of allylic oxidation sites excluding steroid dienone is 1. The second kappa shape index (κ2) is 8.98. The van der Waals surface area contributed by atoms with E-state index < -0.39 is 0 Å². The van der Waals surface area contributed by atoms with Gasteiger partial charge < -0.3 is 4.90 Å². The summed E-state index contributed by atoms with van der Waals surface area (Å²) >= 11 is 0. The van der Waals surface area contributed by atoms with Gasteiger partial charge in [0.15, 0.2) is 5.78 Å². The Morgan fingerprint density at radius 3 is 2.43 bits per heavy atom. The van der Waals surface area contributed by atoms with Crippen molar-refractivity contribution >= 4 is 11.7 Å². The van der Waals surface area contributed by atoms with Gasteiger partial charge >= 0.3 is 0 Å². The van der Waals surface area contributed by atoms with Crippen LogP contribution in [0.4, 0.5) is 0 Å². The molecule has 0 N–H and O–H groups in total. The third-order valence-corrected chi connectivity index (χ3v) is 4.22. The normalized spacial score (nSPS) is 17.1. The molecule has 1 fully saturated rings. The minimum absolute atomic E-state index is 0.0352. The van der Waals surface area contributed by atoms with Crippen molar-refractivity contribution in [1.29, 1.82) is 0 Å². The summed E-state index contributed by atoms with van der Waals surface area (Å²) in [5.41, 5.74) is 0. The molecule has 0 radical (unpaired) electrons. The Bertz CT molecular complexity index is 369. The van der Waals surface area contributed by atoms with Gasteiger partial charge in [0.05, 0.1) is 6.54 Å². The van der Waals surface area contributed by atoms with E-state index in [1.807, 2.05) is 36.8 Å². The molecule has 4 heteroatoms. The second-order valence-electron chi connectivity index (χ2n) is 6.39. The van der Waals surface area contributed by atoms with E-state index in [-0.39, 0.29) is 17.6 Å². The van der Waals surface area contributed by atoms with Gasteiger partial charge in [0.1, 0.15) is 0 Å². The van der Waals surface area contributed by atoms with Crippen LogP contribution in [-0.2, 0) is 9.59 Å². The summed E-state index contributed by atoms with van der Waals surface area (Å²) in [6.07, 6.45) is 6.96. The predicted octanol–water partition coefficient (Wildman–Crippen LogP) is 2.35. The Labute approximate surface area is 129 Å². The van der Waals surface area contributed by atoms with Gasteiger partial charge in [0.25, 0.3) is 0 Å². The van der Waals surface area contributed by atoms with Crippen LogP contribution in [-0.4, -0.2) is 54.7 Å². The summed E-state index contributed by atoms with van der Waals surface area (Å²) in [7, 11) is 1.92. The summed E-state index contributed by atoms with van der Waals surface area (Å²) in [6, 6.07) is 0. The number of hydrogen-bond acceptors (Lipinski definition) is 3. The molecule has 0 unspecified atom stereocenters. The molecule has 1 amide bonds. The zero-order valence-electron chi connectivity index (χ0n) is 14.0. The molecule has 4 nitrogen and oxygen atoms in total. The predicted molar refractivity (Wildman–Crippen MR) is 86.1 cm³/mol. The van der Waals surface area contributed by atoms with Crippen molar-refractivity contribution in [3.63, 3.8) is 0 Å². The molecule has 1 aliphatic heterocycles. The van der Waals surface area contributed by atoms with E-state index in [0.717, 1.165) is 31.8 Å². The lowest BCUT2D eigenvalue weighted by Gasteiger charge is -2.32. The highest BCUT2D eigenvalue weighted by Gasteiger charge is 2.22. The Hall–Kier alpha value is -1.16. The monoisotopic (exact) mass is 294 g/mol. The van der Waals surface area contributed by atoms with Crippen molar-refractivity contribution in [2.24, 2.45) is 11.8 Å². The number of rotatable bonds is 7. The third-order valence-electron chi connectivity index (χ3n) is 4.22. The van der Waals surface area contributed by atoms with Gasteiger partial charge in [-0.1, -0.05) is 33.3 Å². The van der Waals surface area contributed by atoms with Crippen molar-refractivity contribution in [3.05, 3.63) is 12.2 Å². The van der Waals surface area contributed by atoms with Gasteiger partial charge in [0.2, 0.25) is 5.91 Å². The van der Waals surface area contributed by atoms with E-state index >= 15 is 0 Å². The average Bonchev–Trinajstić information content (AvgIpc) is 2.46. The zero-order valence-corrected chi connectivity index (χ0v) is 14.0. The number of hydrogen-bond donors (Lipinski definition) is 0. The summed E-state index contributed by atoms with van der Waals surface area (Å²) in [6.45, 7) is 8.85. The molecular weight excluding hydrogens is 264 g/mol. The summed E-state index contributed by atoms with van der Waals surface area (Å²) in [4.78, 5) is 27.6. The van der Waals surface area contributed by atoms with Crippen LogP contribution < -0.4 is 0 Å². The summed E-state index contributed by atoms with van der Waals surface area (Å²) < 4.78 is 0. The number of ketones is 1. The van der Waals surface area contributed by atoms with Crippen LogP contribution >= 0.6 is 0 Å². The van der Waals surface area contributed by atoms with Crippen molar-refractivity contribution in [2.45, 2.75) is 40.0 Å². The first kappa shape index (κ1) is 17.9. The average molecular weight is 294 g/mol. The van der Waals surface area contributed by atoms with Crippen LogP contribution in [0.5, 0.6) is 0 Å². The van der Waals surface area contributed by atoms with Crippen LogP contribution in [0.15, 0.2) is 12.2 Å². The van der Waals surface area contributed by atoms with Crippen molar-refractivity contribution in [2.75, 3.05) is 33.2 Å². The number of carbonyl (C=O) groups excluding carboxylic acids is 2. The smallest absolute Gasteiger partial charge is 0.236 e. The Kier molecular flexibility index (Phi) is 7.65. The molecular formula is C17H30N2O2. The minimum Gasteiger partial charge on any atom is -0.342 e. The molecule has 1 heterocycles. The minimum atomic E-state index is 0.0352. The van der Waals surface area contributed by atoms with Crippen LogP contribution in [0, 0.1) is 11.8 Å². The second-order valence-corrected chi connectivity index (χ2v) is 6.39. The molecule has 1 rings (SSSR count). The molecule has 0 atom stereocenters. The van der Waals surface area contributed by atoms with Crippen LogP contribution in [0.2, 0.25) is 0 Å². The Morgan fingerprint density at radius 2 is 1.90 bits per heavy atom. The van der Waals surface area contributed by atoms with E-state index in [4.69, 9.17) is 0 Å². The fourth-order valence-corrected chi connectivity index (χ4v) is 2.53.